The number of rotatable bonds is 5. The Morgan fingerprint density at radius 1 is 1.09 bits per heavy atom. The zero-order valence-corrected chi connectivity index (χ0v) is 10.9. The molecule has 0 saturated carbocycles. The molecule has 0 unspecified atom stereocenters. The zero-order chi connectivity index (χ0) is 15.8. The molecular weight excluding hydrogens is 290 g/mol. The minimum absolute atomic E-state index is 0. The first kappa shape index (κ1) is 18.7. The predicted octanol–water partition coefficient (Wildman–Crippen LogP) is -1.58. The van der Waals surface area contributed by atoms with Crippen LogP contribution in [0.3, 0.4) is 0 Å². The zero-order valence-electron chi connectivity index (χ0n) is 10.9. The van der Waals surface area contributed by atoms with Crippen LogP contribution in [0.15, 0.2) is 34.4 Å². The van der Waals surface area contributed by atoms with E-state index in [4.69, 9.17) is 27.7 Å². The van der Waals surface area contributed by atoms with Gasteiger partial charge < -0.3 is 27.7 Å². The molecule has 0 spiro atoms. The maximum absolute atomic E-state index is 11.8. The second-order valence-electron chi connectivity index (χ2n) is 3.69. The van der Waals surface area contributed by atoms with Crippen LogP contribution in [0.5, 0.6) is 5.75 Å². The van der Waals surface area contributed by atoms with Crippen LogP contribution in [0, 0.1) is 0 Å². The van der Waals surface area contributed by atoms with E-state index in [9.17, 15) is 9.59 Å². The number of hydrazone groups is 1. The fourth-order valence-corrected chi connectivity index (χ4v) is 1.23. The minimum Gasteiger partial charge on any atom is -0.424 e. The monoisotopic (exact) mass is 309 g/mol. The summed E-state index contributed by atoms with van der Waals surface area (Å²) in [6.07, 6.45) is 0. The molecule has 1 aromatic rings. The maximum Gasteiger partial charge on any atom is 0.333 e. The van der Waals surface area contributed by atoms with E-state index in [1.807, 2.05) is 0 Å². The van der Waals surface area contributed by atoms with E-state index in [0.717, 1.165) is 0 Å². The molecule has 0 radical (unpaired) electrons. The van der Waals surface area contributed by atoms with Gasteiger partial charge in [-0.2, -0.15) is 0 Å². The molecule has 9 N–H and O–H groups in total. The quantitative estimate of drug-likeness (QED) is 0.143. The molecule has 1 amide bonds. The number of para-hydroxylation sites is 1. The van der Waals surface area contributed by atoms with E-state index >= 15 is 0 Å². The molecule has 0 aliphatic rings. The third-order valence-corrected chi connectivity index (χ3v) is 2.03. The largest absolute Gasteiger partial charge is 0.424 e. The topological polar surface area (TPSA) is 184 Å². The van der Waals surface area contributed by atoms with Crippen molar-refractivity contribution in [2.75, 3.05) is 6.54 Å². The highest BCUT2D eigenvalue weighted by Gasteiger charge is 2.14. The Morgan fingerprint density at radius 2 is 1.73 bits per heavy atom. The van der Waals surface area contributed by atoms with Gasteiger partial charge in [0.05, 0.1) is 5.56 Å². The summed E-state index contributed by atoms with van der Waals surface area (Å²) in [6.45, 7) is -0.369. The summed E-state index contributed by atoms with van der Waals surface area (Å²) in [5.41, 5.74) is 22.6. The highest BCUT2D eigenvalue weighted by atomic mass is 16.5. The summed E-state index contributed by atoms with van der Waals surface area (Å²) >= 11 is 0. The number of carbonyl (C=O) groups is 2. The molecule has 0 heterocycles. The molecule has 0 aliphatic heterocycles. The molecule has 1 rings (SSSR count). The van der Waals surface area contributed by atoms with Gasteiger partial charge >= 0.3 is 5.97 Å². The number of benzene rings is 1. The van der Waals surface area contributed by atoms with Crippen LogP contribution in [0.1, 0.15) is 17.8 Å². The molecule has 10 heteroatoms. The Labute approximate surface area is 127 Å². The van der Waals surface area contributed by atoms with Gasteiger partial charge in [-0.15, -0.1) is 5.10 Å². The number of carbonyl (C=O) groups excluding carboxylic acids is 2. The lowest BCUT2D eigenvalue weighted by Crippen LogP contribution is -2.29. The number of guanidine groups is 2. The highest BCUT2D eigenvalue weighted by Crippen LogP contribution is 2.18. The van der Waals surface area contributed by atoms with Crippen LogP contribution < -0.4 is 33.1 Å². The van der Waals surface area contributed by atoms with Crippen molar-refractivity contribution in [2.24, 2.45) is 33.0 Å². The summed E-state index contributed by atoms with van der Waals surface area (Å²) in [5, 5.41) is 3.36. The van der Waals surface area contributed by atoms with Crippen molar-refractivity contribution >= 4 is 23.8 Å². The van der Waals surface area contributed by atoms with Gasteiger partial charge in [-0.25, -0.2) is 15.2 Å². The first-order valence-corrected chi connectivity index (χ1v) is 5.64. The fourth-order valence-electron chi connectivity index (χ4n) is 1.23. The van der Waals surface area contributed by atoms with Crippen molar-refractivity contribution in [1.82, 2.24) is 5.43 Å². The molecule has 120 valence electrons. The molecule has 0 aromatic heterocycles. The number of nitrogens with one attached hydrogen (secondary N) is 1. The van der Waals surface area contributed by atoms with E-state index in [-0.39, 0.29) is 37.2 Å². The summed E-state index contributed by atoms with van der Waals surface area (Å²) in [6, 6.07) is 6.02. The number of ether oxygens (including phenoxy) is 1. The Morgan fingerprint density at radius 3 is 2.32 bits per heavy atom. The Bertz CT molecular complexity index is 590. The van der Waals surface area contributed by atoms with Gasteiger partial charge in [-0.05, 0) is 12.1 Å². The van der Waals surface area contributed by atoms with Crippen LogP contribution in [-0.4, -0.2) is 30.3 Å². The number of esters is 1. The lowest BCUT2D eigenvalue weighted by atomic mass is 10.2. The fraction of sp³-hybridized carbons (Fsp3) is 0.167. The molecule has 0 bridgehead atoms. The van der Waals surface area contributed by atoms with Crippen molar-refractivity contribution in [2.45, 2.75) is 7.43 Å². The summed E-state index contributed by atoms with van der Waals surface area (Å²) in [5.74, 6) is -1.91. The van der Waals surface area contributed by atoms with E-state index < -0.39 is 11.9 Å². The van der Waals surface area contributed by atoms with Gasteiger partial charge in [0.1, 0.15) is 12.3 Å². The van der Waals surface area contributed by atoms with Crippen molar-refractivity contribution in [1.29, 1.82) is 0 Å². The normalized spacial score (nSPS) is 8.91. The van der Waals surface area contributed by atoms with Gasteiger partial charge in [0.2, 0.25) is 5.96 Å². The number of aliphatic imine (C=N–C) groups is 1. The van der Waals surface area contributed by atoms with Crippen molar-refractivity contribution in [3.63, 3.8) is 0 Å². The lowest BCUT2D eigenvalue weighted by molar-refractivity contribution is -0.132. The molecule has 0 saturated heterocycles. The Hall–Kier alpha value is -3.30. The van der Waals surface area contributed by atoms with Gasteiger partial charge in [0, 0.05) is 0 Å². The summed E-state index contributed by atoms with van der Waals surface area (Å²) in [4.78, 5) is 26.8. The molecule has 0 fully saturated rings. The van der Waals surface area contributed by atoms with Crippen molar-refractivity contribution in [3.8, 4) is 5.75 Å². The second kappa shape index (κ2) is 8.79. The van der Waals surface area contributed by atoms with E-state index in [2.05, 4.69) is 15.5 Å². The van der Waals surface area contributed by atoms with Crippen molar-refractivity contribution in [3.05, 3.63) is 29.8 Å². The van der Waals surface area contributed by atoms with Crippen LogP contribution in [0.4, 0.5) is 0 Å². The van der Waals surface area contributed by atoms with Crippen molar-refractivity contribution < 1.29 is 14.3 Å². The predicted molar refractivity (Wildman–Crippen MR) is 82.8 cm³/mol. The van der Waals surface area contributed by atoms with E-state index in [1.165, 1.54) is 12.1 Å². The number of nitrogens with zero attached hydrogens (tertiary/aromatic N) is 2. The standard InChI is InChI=1S/C11H15N7O3.CH4/c12-10(13)16-5-8(19)21-7-4-2-1-3-6(7)9(20)17-18-11(14)15;/h1-4H,5H2,(H,17,20)(H4,12,13,16)(H4,14,15,18);1H4. The molecule has 22 heavy (non-hydrogen) atoms. The third kappa shape index (κ3) is 6.23. The van der Waals surface area contributed by atoms with Gasteiger partial charge in [0.15, 0.2) is 5.96 Å². The third-order valence-electron chi connectivity index (χ3n) is 2.03. The number of nitrogens with two attached hydrogens (primary N) is 4. The van der Waals surface area contributed by atoms with Gasteiger partial charge in [-0.1, -0.05) is 19.6 Å². The highest BCUT2D eigenvalue weighted by molar-refractivity contribution is 5.98. The number of amides is 1. The molecular formula is C12H19N7O3. The molecule has 0 aliphatic carbocycles. The summed E-state index contributed by atoms with van der Waals surface area (Å²) in [7, 11) is 0. The van der Waals surface area contributed by atoms with E-state index in [0.29, 0.717) is 0 Å². The molecule has 0 atom stereocenters. The minimum atomic E-state index is -0.731. The maximum atomic E-state index is 11.8. The molecule has 10 nitrogen and oxygen atoms in total. The number of hydrogen-bond donors (Lipinski definition) is 5. The first-order chi connectivity index (χ1) is 9.90. The first-order valence-electron chi connectivity index (χ1n) is 5.64. The van der Waals surface area contributed by atoms with Gasteiger partial charge in [-0.3, -0.25) is 4.79 Å². The SMILES string of the molecule is C.NC(N)=NCC(=O)Oc1ccccc1C(=O)NN=C(N)N. The van der Waals surface area contributed by atoms with Crippen LogP contribution in [0.25, 0.3) is 0 Å². The smallest absolute Gasteiger partial charge is 0.333 e. The second-order valence-corrected chi connectivity index (χ2v) is 3.69. The number of hydrogen-bond acceptors (Lipinski definition) is 5. The Balaban J connectivity index is 0.00000441. The van der Waals surface area contributed by atoms with Gasteiger partial charge in [0.25, 0.3) is 5.91 Å². The summed E-state index contributed by atoms with van der Waals surface area (Å²) < 4.78 is 4.99. The Kier molecular flexibility index (Phi) is 7.47. The average molecular weight is 309 g/mol. The van der Waals surface area contributed by atoms with Crippen LogP contribution in [-0.2, 0) is 4.79 Å². The van der Waals surface area contributed by atoms with Crippen LogP contribution >= 0.6 is 0 Å². The lowest BCUT2D eigenvalue weighted by Gasteiger charge is -2.08. The van der Waals surface area contributed by atoms with E-state index in [1.54, 1.807) is 12.1 Å². The molecule has 1 aromatic carbocycles. The van der Waals surface area contributed by atoms with Crippen LogP contribution in [0.2, 0.25) is 0 Å². The average Bonchev–Trinajstić information content (AvgIpc) is 2.43.